The Balaban J connectivity index is 1.65. The summed E-state index contributed by atoms with van der Waals surface area (Å²) in [7, 11) is 1.59. The summed E-state index contributed by atoms with van der Waals surface area (Å²) in [5.74, 6) is 0.643. The number of nitrogens with one attached hydrogen (secondary N) is 1. The van der Waals surface area contributed by atoms with Gasteiger partial charge in [-0.05, 0) is 29.7 Å². The van der Waals surface area contributed by atoms with Crippen LogP contribution in [0.2, 0.25) is 0 Å². The number of benzene rings is 2. The van der Waals surface area contributed by atoms with Crippen molar-refractivity contribution in [1.82, 2.24) is 4.57 Å². The van der Waals surface area contributed by atoms with Gasteiger partial charge in [0.2, 0.25) is 5.91 Å². The minimum atomic E-state index is -0.0257. The van der Waals surface area contributed by atoms with Crippen LogP contribution in [-0.4, -0.2) is 17.6 Å². The maximum absolute atomic E-state index is 12.1. The maximum atomic E-state index is 12.1. The molecule has 0 spiro atoms. The molecule has 3 rings (SSSR count). The molecule has 22 heavy (non-hydrogen) atoms. The molecule has 0 radical (unpaired) electrons. The van der Waals surface area contributed by atoms with E-state index in [1.165, 1.54) is 5.39 Å². The molecule has 0 unspecified atom stereocenters. The normalized spacial score (nSPS) is 10.6. The van der Waals surface area contributed by atoms with Crippen molar-refractivity contribution in [3.05, 3.63) is 60.8 Å². The van der Waals surface area contributed by atoms with E-state index in [2.05, 4.69) is 28.1 Å². The predicted octanol–water partition coefficient (Wildman–Crippen LogP) is 3.68. The van der Waals surface area contributed by atoms with Gasteiger partial charge in [-0.25, -0.2) is 0 Å². The molecular formula is C18H18N2O2. The molecule has 112 valence electrons. The number of anilines is 1. The van der Waals surface area contributed by atoms with Gasteiger partial charge in [-0.2, -0.15) is 0 Å². The Morgan fingerprint density at radius 2 is 1.86 bits per heavy atom. The largest absolute Gasteiger partial charge is 0.495 e. The number of carbonyl (C=O) groups excluding carboxylic acids is 1. The van der Waals surface area contributed by atoms with E-state index in [9.17, 15) is 4.79 Å². The van der Waals surface area contributed by atoms with Crippen molar-refractivity contribution in [2.24, 2.45) is 0 Å². The number of amides is 1. The topological polar surface area (TPSA) is 43.3 Å². The van der Waals surface area contributed by atoms with Crippen molar-refractivity contribution in [2.45, 2.75) is 13.0 Å². The number of methoxy groups -OCH3 is 1. The number of hydrogen-bond acceptors (Lipinski definition) is 2. The van der Waals surface area contributed by atoms with Gasteiger partial charge in [-0.1, -0.05) is 30.3 Å². The third-order valence-electron chi connectivity index (χ3n) is 3.64. The average molecular weight is 294 g/mol. The van der Waals surface area contributed by atoms with Crippen LogP contribution in [-0.2, 0) is 11.3 Å². The predicted molar refractivity (Wildman–Crippen MR) is 88.2 cm³/mol. The highest BCUT2D eigenvalue weighted by Crippen LogP contribution is 2.23. The van der Waals surface area contributed by atoms with E-state index in [0.29, 0.717) is 24.4 Å². The first-order chi connectivity index (χ1) is 10.8. The Hall–Kier alpha value is -2.75. The van der Waals surface area contributed by atoms with Crippen molar-refractivity contribution < 1.29 is 9.53 Å². The molecule has 0 aliphatic heterocycles. The first-order valence-corrected chi connectivity index (χ1v) is 7.24. The van der Waals surface area contributed by atoms with Crippen molar-refractivity contribution in [2.75, 3.05) is 12.4 Å². The molecule has 4 nitrogen and oxygen atoms in total. The van der Waals surface area contributed by atoms with Crippen LogP contribution in [0.25, 0.3) is 10.9 Å². The molecule has 0 saturated heterocycles. The first kappa shape index (κ1) is 14.2. The van der Waals surface area contributed by atoms with E-state index >= 15 is 0 Å². The number of hydrogen-bond donors (Lipinski definition) is 1. The Morgan fingerprint density at radius 1 is 1.09 bits per heavy atom. The minimum Gasteiger partial charge on any atom is -0.495 e. The summed E-state index contributed by atoms with van der Waals surface area (Å²) in [4.78, 5) is 12.1. The number of ether oxygens (including phenoxy) is 1. The highest BCUT2D eigenvalue weighted by atomic mass is 16.5. The van der Waals surface area contributed by atoms with Gasteiger partial charge in [-0.3, -0.25) is 4.79 Å². The van der Waals surface area contributed by atoms with Gasteiger partial charge < -0.3 is 14.6 Å². The molecule has 4 heteroatoms. The van der Waals surface area contributed by atoms with Gasteiger partial charge in [-0.15, -0.1) is 0 Å². The van der Waals surface area contributed by atoms with E-state index in [1.54, 1.807) is 7.11 Å². The average Bonchev–Trinajstić information content (AvgIpc) is 2.97. The van der Waals surface area contributed by atoms with E-state index in [-0.39, 0.29) is 5.91 Å². The molecule has 0 aliphatic carbocycles. The number of fused-ring (bicyclic) bond motifs is 1. The molecule has 0 fully saturated rings. The van der Waals surface area contributed by atoms with Gasteiger partial charge in [0, 0.05) is 24.7 Å². The van der Waals surface area contributed by atoms with Gasteiger partial charge in [0.1, 0.15) is 5.75 Å². The SMILES string of the molecule is COc1ccccc1NC(=O)CCn1ccc2ccccc21. The number of aromatic nitrogens is 1. The molecular weight excluding hydrogens is 276 g/mol. The zero-order chi connectivity index (χ0) is 15.4. The Morgan fingerprint density at radius 3 is 2.73 bits per heavy atom. The number of rotatable bonds is 5. The van der Waals surface area contributed by atoms with Crippen LogP contribution in [0, 0.1) is 0 Å². The standard InChI is InChI=1S/C18H18N2O2/c1-22-17-9-5-3-7-15(17)19-18(21)11-13-20-12-10-14-6-2-4-8-16(14)20/h2-10,12H,11,13H2,1H3,(H,19,21). The summed E-state index contributed by atoms with van der Waals surface area (Å²) in [5.41, 5.74) is 1.85. The van der Waals surface area contributed by atoms with Crippen LogP contribution in [0.4, 0.5) is 5.69 Å². The first-order valence-electron chi connectivity index (χ1n) is 7.24. The van der Waals surface area contributed by atoms with Crippen LogP contribution in [0.15, 0.2) is 60.8 Å². The van der Waals surface area contributed by atoms with Crippen molar-refractivity contribution >= 4 is 22.5 Å². The lowest BCUT2D eigenvalue weighted by Gasteiger charge is -2.10. The third kappa shape index (κ3) is 2.96. The molecule has 0 saturated carbocycles. The summed E-state index contributed by atoms with van der Waals surface area (Å²) in [5, 5.41) is 4.08. The van der Waals surface area contributed by atoms with Crippen molar-refractivity contribution in [1.29, 1.82) is 0 Å². The van der Waals surface area contributed by atoms with Gasteiger partial charge in [0.15, 0.2) is 0 Å². The second-order valence-corrected chi connectivity index (χ2v) is 5.07. The fourth-order valence-corrected chi connectivity index (χ4v) is 2.52. The summed E-state index contributed by atoms with van der Waals surface area (Å²) in [6.45, 7) is 0.647. The Bertz CT molecular complexity index is 792. The van der Waals surface area contributed by atoms with Crippen LogP contribution in [0.5, 0.6) is 5.75 Å². The van der Waals surface area contributed by atoms with Crippen LogP contribution >= 0.6 is 0 Å². The summed E-state index contributed by atoms with van der Waals surface area (Å²) < 4.78 is 7.33. The Labute approximate surface area is 129 Å². The highest BCUT2D eigenvalue weighted by molar-refractivity contribution is 5.92. The number of para-hydroxylation sites is 3. The fourth-order valence-electron chi connectivity index (χ4n) is 2.52. The summed E-state index contributed by atoms with van der Waals surface area (Å²) in [6.07, 6.45) is 2.43. The van der Waals surface area contributed by atoms with Crippen LogP contribution < -0.4 is 10.1 Å². The molecule has 0 bridgehead atoms. The second-order valence-electron chi connectivity index (χ2n) is 5.07. The fraction of sp³-hybridized carbons (Fsp3) is 0.167. The highest BCUT2D eigenvalue weighted by Gasteiger charge is 2.08. The molecule has 1 aromatic heterocycles. The van der Waals surface area contributed by atoms with E-state index in [4.69, 9.17) is 4.74 Å². The van der Waals surface area contributed by atoms with Crippen molar-refractivity contribution in [3.63, 3.8) is 0 Å². The zero-order valence-corrected chi connectivity index (χ0v) is 12.5. The van der Waals surface area contributed by atoms with Crippen LogP contribution in [0.3, 0.4) is 0 Å². The lowest BCUT2D eigenvalue weighted by Crippen LogP contribution is -2.14. The quantitative estimate of drug-likeness (QED) is 0.780. The minimum absolute atomic E-state index is 0.0257. The number of aryl methyl sites for hydroxylation is 1. The zero-order valence-electron chi connectivity index (χ0n) is 12.5. The molecule has 3 aromatic rings. The van der Waals surface area contributed by atoms with Crippen molar-refractivity contribution in [3.8, 4) is 5.75 Å². The smallest absolute Gasteiger partial charge is 0.226 e. The molecule has 2 aromatic carbocycles. The summed E-state index contributed by atoms with van der Waals surface area (Å²) in [6, 6.07) is 17.6. The number of carbonyl (C=O) groups is 1. The Kier molecular flexibility index (Phi) is 4.10. The van der Waals surface area contributed by atoms with Gasteiger partial charge in [0.05, 0.1) is 12.8 Å². The summed E-state index contributed by atoms with van der Waals surface area (Å²) >= 11 is 0. The van der Waals surface area contributed by atoms with E-state index in [1.807, 2.05) is 42.6 Å². The molecule has 1 amide bonds. The maximum Gasteiger partial charge on any atom is 0.226 e. The van der Waals surface area contributed by atoms with Gasteiger partial charge >= 0.3 is 0 Å². The monoisotopic (exact) mass is 294 g/mol. The van der Waals surface area contributed by atoms with E-state index < -0.39 is 0 Å². The number of nitrogens with zero attached hydrogens (tertiary/aromatic N) is 1. The second kappa shape index (κ2) is 6.35. The lowest BCUT2D eigenvalue weighted by molar-refractivity contribution is -0.116. The molecule has 0 aliphatic rings. The lowest BCUT2D eigenvalue weighted by atomic mass is 10.2. The van der Waals surface area contributed by atoms with Gasteiger partial charge in [0.25, 0.3) is 0 Å². The molecule has 0 atom stereocenters. The molecule has 1 N–H and O–H groups in total. The van der Waals surface area contributed by atoms with Crippen LogP contribution in [0.1, 0.15) is 6.42 Å². The molecule has 1 heterocycles. The third-order valence-corrected chi connectivity index (χ3v) is 3.64. The van der Waals surface area contributed by atoms with E-state index in [0.717, 1.165) is 5.52 Å².